The SMILES string of the molecule is O=S(=O)(Cc1cccc(Cl)c1)NCCCc1ccc(N2CCOCC2)cc1. The molecule has 0 aliphatic carbocycles. The summed E-state index contributed by atoms with van der Waals surface area (Å²) < 4.78 is 32.4. The average molecular weight is 409 g/mol. The fourth-order valence-electron chi connectivity index (χ4n) is 3.11. The molecule has 2 aromatic rings. The zero-order valence-electron chi connectivity index (χ0n) is 15.2. The van der Waals surface area contributed by atoms with E-state index in [1.165, 1.54) is 11.3 Å². The van der Waals surface area contributed by atoms with Crippen LogP contribution in [0, 0.1) is 0 Å². The number of benzene rings is 2. The number of anilines is 1. The highest BCUT2D eigenvalue weighted by Crippen LogP contribution is 2.17. The van der Waals surface area contributed by atoms with Crippen molar-refractivity contribution in [1.29, 1.82) is 0 Å². The molecule has 27 heavy (non-hydrogen) atoms. The minimum atomic E-state index is -3.35. The van der Waals surface area contributed by atoms with Crippen molar-refractivity contribution < 1.29 is 13.2 Å². The number of hydrogen-bond donors (Lipinski definition) is 1. The Bertz CT molecular complexity index is 835. The molecule has 0 unspecified atom stereocenters. The molecule has 0 amide bonds. The van der Waals surface area contributed by atoms with Gasteiger partial charge < -0.3 is 9.64 Å². The van der Waals surface area contributed by atoms with Crippen LogP contribution in [0.2, 0.25) is 5.02 Å². The van der Waals surface area contributed by atoms with E-state index in [0.29, 0.717) is 17.1 Å². The maximum Gasteiger partial charge on any atom is 0.215 e. The topological polar surface area (TPSA) is 58.6 Å². The van der Waals surface area contributed by atoms with Gasteiger partial charge in [-0.15, -0.1) is 0 Å². The third kappa shape index (κ3) is 6.50. The van der Waals surface area contributed by atoms with Gasteiger partial charge in [0.15, 0.2) is 0 Å². The minimum absolute atomic E-state index is 0.0538. The number of halogens is 1. The summed E-state index contributed by atoms with van der Waals surface area (Å²) in [4.78, 5) is 2.32. The molecule has 0 bridgehead atoms. The summed E-state index contributed by atoms with van der Waals surface area (Å²) in [6, 6.07) is 15.4. The molecule has 1 aliphatic heterocycles. The van der Waals surface area contributed by atoms with Gasteiger partial charge in [0.05, 0.1) is 19.0 Å². The van der Waals surface area contributed by atoms with E-state index in [4.69, 9.17) is 16.3 Å². The molecule has 2 aromatic carbocycles. The molecule has 7 heteroatoms. The van der Waals surface area contributed by atoms with Gasteiger partial charge in [0.2, 0.25) is 10.0 Å². The first-order valence-electron chi connectivity index (χ1n) is 9.15. The first-order chi connectivity index (χ1) is 13.0. The van der Waals surface area contributed by atoms with Gasteiger partial charge in [0.25, 0.3) is 0 Å². The second-order valence-corrected chi connectivity index (χ2v) is 8.90. The smallest absolute Gasteiger partial charge is 0.215 e. The van der Waals surface area contributed by atoms with Gasteiger partial charge >= 0.3 is 0 Å². The lowest BCUT2D eigenvalue weighted by Crippen LogP contribution is -2.36. The van der Waals surface area contributed by atoms with Crippen LogP contribution in [0.3, 0.4) is 0 Å². The highest BCUT2D eigenvalue weighted by molar-refractivity contribution is 7.88. The summed E-state index contributed by atoms with van der Waals surface area (Å²) in [5.74, 6) is -0.0538. The van der Waals surface area contributed by atoms with Gasteiger partial charge in [-0.3, -0.25) is 0 Å². The Kier molecular flexibility index (Phi) is 7.13. The molecule has 1 fully saturated rings. The third-order valence-electron chi connectivity index (χ3n) is 4.52. The van der Waals surface area contributed by atoms with Crippen LogP contribution < -0.4 is 9.62 Å². The lowest BCUT2D eigenvalue weighted by Gasteiger charge is -2.28. The standard InChI is InChI=1S/C20H25ClN2O3S/c21-19-5-1-3-18(15-19)16-27(24,25)22-10-2-4-17-6-8-20(9-7-17)23-11-13-26-14-12-23/h1,3,5-9,15,22H,2,4,10-14,16H2. The first kappa shape index (κ1) is 20.1. The molecule has 146 valence electrons. The second kappa shape index (κ2) is 9.55. The van der Waals surface area contributed by atoms with Crippen molar-refractivity contribution in [3.8, 4) is 0 Å². The van der Waals surface area contributed by atoms with Crippen molar-refractivity contribution in [3.05, 3.63) is 64.7 Å². The van der Waals surface area contributed by atoms with Crippen molar-refractivity contribution in [1.82, 2.24) is 4.72 Å². The molecule has 0 spiro atoms. The predicted octanol–water partition coefficient (Wildman–Crippen LogP) is 3.23. The summed E-state index contributed by atoms with van der Waals surface area (Å²) in [5.41, 5.74) is 3.11. The zero-order chi connectivity index (χ0) is 19.1. The number of hydrogen-bond acceptors (Lipinski definition) is 4. The Morgan fingerprint density at radius 2 is 1.78 bits per heavy atom. The number of morpholine rings is 1. The van der Waals surface area contributed by atoms with Crippen LogP contribution in [0.5, 0.6) is 0 Å². The van der Waals surface area contributed by atoms with Crippen LogP contribution >= 0.6 is 11.6 Å². The van der Waals surface area contributed by atoms with E-state index in [-0.39, 0.29) is 5.75 Å². The molecule has 3 rings (SSSR count). The van der Waals surface area contributed by atoms with Crippen LogP contribution in [-0.4, -0.2) is 41.3 Å². The van der Waals surface area contributed by atoms with Crippen molar-refractivity contribution in [2.24, 2.45) is 0 Å². The Morgan fingerprint density at radius 3 is 2.48 bits per heavy atom. The highest BCUT2D eigenvalue weighted by Gasteiger charge is 2.12. The molecule has 5 nitrogen and oxygen atoms in total. The average Bonchev–Trinajstić information content (AvgIpc) is 2.66. The van der Waals surface area contributed by atoms with E-state index in [9.17, 15) is 8.42 Å². The molecule has 0 saturated carbocycles. The van der Waals surface area contributed by atoms with E-state index in [1.54, 1.807) is 24.3 Å². The van der Waals surface area contributed by atoms with Crippen molar-refractivity contribution in [2.75, 3.05) is 37.7 Å². The third-order valence-corrected chi connectivity index (χ3v) is 6.11. The molecule has 1 N–H and O–H groups in total. The number of nitrogens with zero attached hydrogens (tertiary/aromatic N) is 1. The second-order valence-electron chi connectivity index (χ2n) is 6.65. The number of rotatable bonds is 8. The lowest BCUT2D eigenvalue weighted by molar-refractivity contribution is 0.122. The van der Waals surface area contributed by atoms with E-state index in [1.807, 2.05) is 0 Å². The molecular weight excluding hydrogens is 384 g/mol. The molecule has 0 atom stereocenters. The van der Waals surface area contributed by atoms with Crippen LogP contribution in [-0.2, 0) is 26.9 Å². The maximum absolute atomic E-state index is 12.2. The van der Waals surface area contributed by atoms with Crippen molar-refractivity contribution in [2.45, 2.75) is 18.6 Å². The van der Waals surface area contributed by atoms with Crippen molar-refractivity contribution >= 4 is 27.3 Å². The van der Waals surface area contributed by atoms with Gasteiger partial charge in [-0.2, -0.15) is 0 Å². The van der Waals surface area contributed by atoms with Gasteiger partial charge in [0, 0.05) is 30.3 Å². The summed E-state index contributed by atoms with van der Waals surface area (Å²) in [5, 5.41) is 0.545. The van der Waals surface area contributed by atoms with E-state index < -0.39 is 10.0 Å². The highest BCUT2D eigenvalue weighted by atomic mass is 35.5. The zero-order valence-corrected chi connectivity index (χ0v) is 16.8. The monoisotopic (exact) mass is 408 g/mol. The summed E-state index contributed by atoms with van der Waals surface area (Å²) >= 11 is 5.90. The fraction of sp³-hybridized carbons (Fsp3) is 0.400. The minimum Gasteiger partial charge on any atom is -0.378 e. The molecule has 1 aliphatic rings. The van der Waals surface area contributed by atoms with Crippen LogP contribution in [0.4, 0.5) is 5.69 Å². The summed E-state index contributed by atoms with van der Waals surface area (Å²) in [6.45, 7) is 3.82. The van der Waals surface area contributed by atoms with Crippen molar-refractivity contribution in [3.63, 3.8) is 0 Å². The van der Waals surface area contributed by atoms with E-state index in [2.05, 4.69) is 33.9 Å². The summed E-state index contributed by atoms with van der Waals surface area (Å²) in [6.07, 6.45) is 1.59. The van der Waals surface area contributed by atoms with Crippen LogP contribution in [0.1, 0.15) is 17.5 Å². The van der Waals surface area contributed by atoms with E-state index in [0.717, 1.165) is 39.1 Å². The quantitative estimate of drug-likeness (QED) is 0.681. The fourth-order valence-corrected chi connectivity index (χ4v) is 4.50. The predicted molar refractivity (Wildman–Crippen MR) is 110 cm³/mol. The van der Waals surface area contributed by atoms with Gasteiger partial charge in [-0.25, -0.2) is 13.1 Å². The Hall–Kier alpha value is -1.60. The Morgan fingerprint density at radius 1 is 1.04 bits per heavy atom. The largest absolute Gasteiger partial charge is 0.378 e. The Labute approximate surface area is 166 Å². The van der Waals surface area contributed by atoms with Gasteiger partial charge in [-0.05, 0) is 48.2 Å². The molecular formula is C20H25ClN2O3S. The number of aryl methyl sites for hydroxylation is 1. The normalized spacial score (nSPS) is 15.1. The van der Waals surface area contributed by atoms with Gasteiger partial charge in [0.1, 0.15) is 0 Å². The molecule has 0 aromatic heterocycles. The Balaban J connectivity index is 1.42. The van der Waals surface area contributed by atoms with E-state index >= 15 is 0 Å². The number of sulfonamides is 1. The number of ether oxygens (including phenoxy) is 1. The van der Waals surface area contributed by atoms with Gasteiger partial charge in [-0.1, -0.05) is 35.9 Å². The lowest BCUT2D eigenvalue weighted by atomic mass is 10.1. The maximum atomic E-state index is 12.2. The molecule has 0 radical (unpaired) electrons. The van der Waals surface area contributed by atoms with Crippen LogP contribution in [0.15, 0.2) is 48.5 Å². The molecule has 1 heterocycles. The van der Waals surface area contributed by atoms with Crippen LogP contribution in [0.25, 0.3) is 0 Å². The summed E-state index contributed by atoms with van der Waals surface area (Å²) in [7, 11) is -3.35. The first-order valence-corrected chi connectivity index (χ1v) is 11.2. The molecule has 1 saturated heterocycles. The number of nitrogens with one attached hydrogen (secondary N) is 1.